The van der Waals surface area contributed by atoms with Crippen LogP contribution in [0.2, 0.25) is 0 Å². The highest BCUT2D eigenvalue weighted by molar-refractivity contribution is 5.73. The number of anilines is 2. The monoisotopic (exact) mass is 302 g/mol. The van der Waals surface area contributed by atoms with Crippen molar-refractivity contribution in [3.8, 4) is 11.1 Å². The molecule has 4 aromatic rings. The molecule has 4 rings (SSSR count). The number of rotatable bonds is 1. The van der Waals surface area contributed by atoms with Crippen LogP contribution in [0, 0.1) is 0 Å². The summed E-state index contributed by atoms with van der Waals surface area (Å²) in [5.41, 5.74) is 17.2. The van der Waals surface area contributed by atoms with Gasteiger partial charge in [-0.1, -0.05) is 36.4 Å². The summed E-state index contributed by atoms with van der Waals surface area (Å²) in [5.74, 6) is 0. The van der Waals surface area contributed by atoms with E-state index in [0.717, 1.165) is 33.5 Å². The molecule has 4 nitrogen and oxygen atoms in total. The zero-order valence-corrected chi connectivity index (χ0v) is 12.6. The number of nitrogen functional groups attached to an aromatic ring is 2. The fourth-order valence-electron chi connectivity index (χ4n) is 2.23. The lowest BCUT2D eigenvalue weighted by molar-refractivity contribution is 1.34. The third kappa shape index (κ3) is 3.68. The molecule has 3 aromatic carbocycles. The van der Waals surface area contributed by atoms with Crippen LogP contribution in [0.1, 0.15) is 0 Å². The van der Waals surface area contributed by atoms with Gasteiger partial charge in [0, 0.05) is 11.4 Å². The fraction of sp³-hybridized carbons (Fsp3) is 0. The molecule has 0 saturated carbocycles. The van der Waals surface area contributed by atoms with E-state index in [1.165, 1.54) is 0 Å². The van der Waals surface area contributed by atoms with Crippen molar-refractivity contribution in [3.05, 3.63) is 79.1 Å². The number of H-pyrrole nitrogens is 1. The maximum Gasteiger partial charge on any atom is 0.0931 e. The number of aromatic amines is 1. The average molecular weight is 302 g/mol. The Labute approximate surface area is 134 Å². The number of nitrogens with two attached hydrogens (primary N) is 2. The first-order valence-corrected chi connectivity index (χ1v) is 7.32. The van der Waals surface area contributed by atoms with Gasteiger partial charge in [-0.15, -0.1) is 0 Å². The molecule has 0 radical (unpaired) electrons. The number of nitrogens with zero attached hydrogens (tertiary/aromatic N) is 1. The molecule has 0 unspecified atom stereocenters. The van der Waals surface area contributed by atoms with Crippen molar-refractivity contribution in [2.24, 2.45) is 0 Å². The summed E-state index contributed by atoms with van der Waals surface area (Å²) >= 11 is 0. The molecule has 23 heavy (non-hydrogen) atoms. The van der Waals surface area contributed by atoms with Crippen molar-refractivity contribution >= 4 is 22.4 Å². The summed E-state index contributed by atoms with van der Waals surface area (Å²) in [6.45, 7) is 0. The molecule has 0 amide bonds. The molecule has 0 fully saturated rings. The summed E-state index contributed by atoms with van der Waals surface area (Å²) in [4.78, 5) is 7.07. The molecule has 4 heteroatoms. The van der Waals surface area contributed by atoms with Crippen LogP contribution in [-0.4, -0.2) is 9.97 Å². The Morgan fingerprint density at radius 2 is 1.17 bits per heavy atom. The van der Waals surface area contributed by atoms with Crippen LogP contribution < -0.4 is 11.5 Å². The highest BCUT2D eigenvalue weighted by atomic mass is 14.9. The van der Waals surface area contributed by atoms with Gasteiger partial charge >= 0.3 is 0 Å². The average Bonchev–Trinajstić information content (AvgIpc) is 3.06. The van der Waals surface area contributed by atoms with E-state index in [9.17, 15) is 0 Å². The van der Waals surface area contributed by atoms with Gasteiger partial charge in [-0.2, -0.15) is 0 Å². The van der Waals surface area contributed by atoms with Crippen LogP contribution in [0.5, 0.6) is 0 Å². The van der Waals surface area contributed by atoms with Crippen LogP contribution in [0.3, 0.4) is 0 Å². The second kappa shape index (κ2) is 6.66. The van der Waals surface area contributed by atoms with Crippen molar-refractivity contribution in [2.75, 3.05) is 11.5 Å². The van der Waals surface area contributed by atoms with Gasteiger partial charge in [-0.25, -0.2) is 4.98 Å². The number of nitrogens with one attached hydrogen (secondary N) is 1. The molecular weight excluding hydrogens is 284 g/mol. The quantitative estimate of drug-likeness (QED) is 0.463. The van der Waals surface area contributed by atoms with Crippen molar-refractivity contribution in [1.82, 2.24) is 9.97 Å². The van der Waals surface area contributed by atoms with E-state index >= 15 is 0 Å². The molecular formula is C19H18N4. The van der Waals surface area contributed by atoms with Gasteiger partial charge in [0.15, 0.2) is 0 Å². The van der Waals surface area contributed by atoms with Crippen molar-refractivity contribution < 1.29 is 0 Å². The number of hydrogen-bond donors (Lipinski definition) is 3. The molecule has 0 spiro atoms. The number of fused-ring (bicyclic) bond motifs is 1. The normalized spacial score (nSPS) is 10.1. The van der Waals surface area contributed by atoms with E-state index in [1.807, 2.05) is 72.8 Å². The Morgan fingerprint density at radius 1 is 0.652 bits per heavy atom. The van der Waals surface area contributed by atoms with E-state index in [0.29, 0.717) is 0 Å². The number of imidazole rings is 1. The standard InChI is InChI=1S/C12H12N2.C7H6N2/c13-11-5-1-9(2-6-11)10-3-7-12(14)8-4-10;1-2-4-7-6(3-1)8-5-9-7/h1-8H,13-14H2;1-5H,(H,8,9). The van der Waals surface area contributed by atoms with E-state index < -0.39 is 0 Å². The highest BCUT2D eigenvalue weighted by Crippen LogP contribution is 2.21. The molecule has 0 atom stereocenters. The molecule has 0 aliphatic heterocycles. The van der Waals surface area contributed by atoms with E-state index in [-0.39, 0.29) is 0 Å². The van der Waals surface area contributed by atoms with Crippen LogP contribution in [0.15, 0.2) is 79.1 Å². The topological polar surface area (TPSA) is 80.7 Å². The van der Waals surface area contributed by atoms with Crippen LogP contribution in [0.25, 0.3) is 22.2 Å². The van der Waals surface area contributed by atoms with E-state index in [4.69, 9.17) is 11.5 Å². The van der Waals surface area contributed by atoms with Crippen molar-refractivity contribution in [1.29, 1.82) is 0 Å². The number of hydrogen-bond acceptors (Lipinski definition) is 3. The van der Waals surface area contributed by atoms with Crippen molar-refractivity contribution in [2.45, 2.75) is 0 Å². The van der Waals surface area contributed by atoms with Gasteiger partial charge in [0.25, 0.3) is 0 Å². The number of para-hydroxylation sites is 2. The molecule has 0 aliphatic rings. The van der Waals surface area contributed by atoms with Gasteiger partial charge in [0.05, 0.1) is 17.4 Å². The minimum Gasteiger partial charge on any atom is -0.399 e. The minimum absolute atomic E-state index is 0.782. The highest BCUT2D eigenvalue weighted by Gasteiger charge is 1.96. The minimum atomic E-state index is 0.782. The largest absolute Gasteiger partial charge is 0.399 e. The molecule has 1 heterocycles. The Kier molecular flexibility index (Phi) is 4.25. The van der Waals surface area contributed by atoms with Crippen LogP contribution >= 0.6 is 0 Å². The van der Waals surface area contributed by atoms with E-state index in [2.05, 4.69) is 9.97 Å². The molecule has 5 N–H and O–H groups in total. The Balaban J connectivity index is 0.000000149. The smallest absolute Gasteiger partial charge is 0.0931 e. The Morgan fingerprint density at radius 3 is 1.70 bits per heavy atom. The first-order chi connectivity index (χ1) is 11.2. The lowest BCUT2D eigenvalue weighted by Gasteiger charge is -2.02. The lowest BCUT2D eigenvalue weighted by atomic mass is 10.1. The predicted molar refractivity (Wildman–Crippen MR) is 96.8 cm³/mol. The SMILES string of the molecule is Nc1ccc(-c2ccc(N)cc2)cc1.c1ccc2[nH]cnc2c1. The fourth-order valence-corrected chi connectivity index (χ4v) is 2.23. The van der Waals surface area contributed by atoms with Gasteiger partial charge in [0.1, 0.15) is 0 Å². The first-order valence-electron chi connectivity index (χ1n) is 7.32. The summed E-state index contributed by atoms with van der Waals surface area (Å²) in [6, 6.07) is 23.5. The zero-order valence-electron chi connectivity index (χ0n) is 12.6. The van der Waals surface area contributed by atoms with E-state index in [1.54, 1.807) is 6.33 Å². The second-order valence-corrected chi connectivity index (χ2v) is 5.16. The molecule has 0 aliphatic carbocycles. The predicted octanol–water partition coefficient (Wildman–Crippen LogP) is 4.08. The zero-order chi connectivity index (χ0) is 16.1. The van der Waals surface area contributed by atoms with Gasteiger partial charge in [-0.05, 0) is 47.5 Å². The van der Waals surface area contributed by atoms with Crippen LogP contribution in [0.4, 0.5) is 11.4 Å². The Hall–Kier alpha value is -3.27. The first kappa shape index (κ1) is 14.7. The maximum absolute atomic E-state index is 5.61. The lowest BCUT2D eigenvalue weighted by Crippen LogP contribution is -1.85. The molecule has 0 bridgehead atoms. The van der Waals surface area contributed by atoms with Gasteiger partial charge in [-0.3, -0.25) is 0 Å². The molecule has 0 saturated heterocycles. The summed E-state index contributed by atoms with van der Waals surface area (Å²) in [5, 5.41) is 0. The van der Waals surface area contributed by atoms with Gasteiger partial charge < -0.3 is 16.5 Å². The summed E-state index contributed by atoms with van der Waals surface area (Å²) in [7, 11) is 0. The summed E-state index contributed by atoms with van der Waals surface area (Å²) < 4.78 is 0. The molecule has 114 valence electrons. The Bertz CT molecular complexity index is 804. The second-order valence-electron chi connectivity index (χ2n) is 5.16. The number of aromatic nitrogens is 2. The third-order valence-electron chi connectivity index (χ3n) is 3.48. The van der Waals surface area contributed by atoms with Crippen molar-refractivity contribution in [3.63, 3.8) is 0 Å². The van der Waals surface area contributed by atoms with Gasteiger partial charge in [0.2, 0.25) is 0 Å². The molecule has 1 aromatic heterocycles. The van der Waals surface area contributed by atoms with Crippen LogP contribution in [-0.2, 0) is 0 Å². The third-order valence-corrected chi connectivity index (χ3v) is 3.48. The maximum atomic E-state index is 5.61. The summed E-state index contributed by atoms with van der Waals surface area (Å²) in [6.07, 6.45) is 1.70. The number of benzene rings is 3.